The molecule has 1 spiro atoms. The van der Waals surface area contributed by atoms with Crippen molar-refractivity contribution in [2.45, 2.75) is 83.3 Å². The molecule has 0 aromatic carbocycles. The Morgan fingerprint density at radius 2 is 1.83 bits per heavy atom. The van der Waals surface area contributed by atoms with Gasteiger partial charge in [-0.15, -0.1) is 0 Å². The molecule has 2 heteroatoms. The lowest BCUT2D eigenvalue weighted by molar-refractivity contribution is -0.225. The van der Waals surface area contributed by atoms with Gasteiger partial charge in [0.05, 0.1) is 18.3 Å². The highest BCUT2D eigenvalue weighted by Gasteiger charge is 2.66. The number of fused-ring (bicyclic) bond motifs is 6. The average molecular weight is 331 g/mol. The number of ether oxygens (including phenoxy) is 2. The van der Waals surface area contributed by atoms with Crippen molar-refractivity contribution in [1.82, 2.24) is 0 Å². The minimum Gasteiger partial charge on any atom is -0.381 e. The van der Waals surface area contributed by atoms with Crippen molar-refractivity contribution in [3.05, 3.63) is 11.6 Å². The number of allylic oxidation sites excluding steroid dienone is 1. The Kier molecular flexibility index (Phi) is 3.37. The van der Waals surface area contributed by atoms with Gasteiger partial charge in [-0.2, -0.15) is 0 Å². The summed E-state index contributed by atoms with van der Waals surface area (Å²) in [4.78, 5) is 0. The lowest BCUT2D eigenvalue weighted by Gasteiger charge is -2.61. The van der Waals surface area contributed by atoms with Crippen LogP contribution < -0.4 is 0 Å². The highest BCUT2D eigenvalue weighted by Crippen LogP contribution is 2.69. The van der Waals surface area contributed by atoms with Gasteiger partial charge in [0.25, 0.3) is 0 Å². The number of methoxy groups -OCH3 is 1. The molecular weight excluding hydrogens is 296 g/mol. The first kappa shape index (κ1) is 15.9. The molecule has 5 aliphatic rings. The first-order chi connectivity index (χ1) is 11.5. The predicted octanol–water partition coefficient (Wildman–Crippen LogP) is 5.12. The highest BCUT2D eigenvalue weighted by molar-refractivity contribution is 5.26. The molecule has 1 heterocycles. The molecular formula is C22H34O2. The average Bonchev–Trinajstić information content (AvgIpc) is 2.87. The van der Waals surface area contributed by atoms with E-state index in [1.54, 1.807) is 5.57 Å². The Morgan fingerprint density at radius 1 is 1.04 bits per heavy atom. The maximum Gasteiger partial charge on any atom is 0.0760 e. The largest absolute Gasteiger partial charge is 0.381 e. The van der Waals surface area contributed by atoms with E-state index in [0.717, 1.165) is 24.4 Å². The fourth-order valence-electron chi connectivity index (χ4n) is 7.92. The normalized spacial score (nSPS) is 56.0. The van der Waals surface area contributed by atoms with Gasteiger partial charge < -0.3 is 9.47 Å². The number of hydrogen-bond donors (Lipinski definition) is 0. The van der Waals surface area contributed by atoms with Gasteiger partial charge in [0.1, 0.15) is 0 Å². The molecule has 4 fully saturated rings. The first-order valence-corrected chi connectivity index (χ1v) is 10.4. The zero-order valence-electron chi connectivity index (χ0n) is 15.8. The second-order valence-corrected chi connectivity index (χ2v) is 9.95. The summed E-state index contributed by atoms with van der Waals surface area (Å²) in [6.07, 6.45) is 15.1. The van der Waals surface area contributed by atoms with Crippen molar-refractivity contribution in [1.29, 1.82) is 0 Å². The van der Waals surface area contributed by atoms with Crippen molar-refractivity contribution < 1.29 is 9.47 Å². The van der Waals surface area contributed by atoms with E-state index < -0.39 is 0 Å². The molecule has 24 heavy (non-hydrogen) atoms. The van der Waals surface area contributed by atoms with Crippen LogP contribution in [0.4, 0.5) is 0 Å². The maximum absolute atomic E-state index is 6.26. The summed E-state index contributed by atoms with van der Waals surface area (Å²) in [6, 6.07) is 0. The molecule has 0 N–H and O–H groups in total. The standard InChI is InChI=1S/C22H34O2/c1-20-9-6-16(23-3)14-15(20)4-5-17-18(20)7-10-21(2)19(17)8-11-22(21)12-13-24-22/h4,16-19H,5-14H2,1-3H3/t16-,17+,18+,19-,20+,21+,22-/m1/s1. The third kappa shape index (κ3) is 1.80. The lowest BCUT2D eigenvalue weighted by Crippen LogP contribution is -2.59. The zero-order valence-corrected chi connectivity index (χ0v) is 15.8. The number of rotatable bonds is 1. The molecule has 2 nitrogen and oxygen atoms in total. The van der Waals surface area contributed by atoms with Crippen LogP contribution in [0, 0.1) is 28.6 Å². The summed E-state index contributed by atoms with van der Waals surface area (Å²) in [5.74, 6) is 2.70. The summed E-state index contributed by atoms with van der Waals surface area (Å²) in [5.41, 5.74) is 2.91. The van der Waals surface area contributed by atoms with Crippen molar-refractivity contribution in [2.75, 3.05) is 13.7 Å². The number of hydrogen-bond acceptors (Lipinski definition) is 2. The molecule has 0 aromatic heterocycles. The minimum absolute atomic E-state index is 0.265. The molecule has 0 bridgehead atoms. The van der Waals surface area contributed by atoms with E-state index in [0.29, 0.717) is 16.9 Å². The molecule has 1 aliphatic heterocycles. The van der Waals surface area contributed by atoms with E-state index in [9.17, 15) is 0 Å². The van der Waals surface area contributed by atoms with Crippen LogP contribution in [0.15, 0.2) is 11.6 Å². The van der Waals surface area contributed by atoms with Crippen LogP contribution in [0.25, 0.3) is 0 Å². The first-order valence-electron chi connectivity index (χ1n) is 10.4. The van der Waals surface area contributed by atoms with Crippen LogP contribution in [-0.4, -0.2) is 25.4 Å². The molecule has 0 aromatic rings. The molecule has 4 aliphatic carbocycles. The van der Waals surface area contributed by atoms with Gasteiger partial charge in [-0.25, -0.2) is 0 Å². The van der Waals surface area contributed by atoms with Gasteiger partial charge in [-0.05, 0) is 80.0 Å². The van der Waals surface area contributed by atoms with Crippen LogP contribution in [0.2, 0.25) is 0 Å². The van der Waals surface area contributed by atoms with Gasteiger partial charge in [-0.1, -0.05) is 25.5 Å². The Hall–Kier alpha value is -0.340. The van der Waals surface area contributed by atoms with Crippen LogP contribution in [0.1, 0.15) is 71.6 Å². The van der Waals surface area contributed by atoms with Gasteiger partial charge in [0.2, 0.25) is 0 Å². The molecule has 5 rings (SSSR count). The molecule has 0 amide bonds. The van der Waals surface area contributed by atoms with E-state index in [2.05, 4.69) is 19.9 Å². The molecule has 0 unspecified atom stereocenters. The zero-order chi connectivity index (χ0) is 16.6. The molecule has 134 valence electrons. The third-order valence-electron chi connectivity index (χ3n) is 9.57. The minimum atomic E-state index is 0.265. The SMILES string of the molecule is CO[C@@H]1CC[C@@]2(C)C(=CC[C@@H]3[C@H]4CC[C@@]5(CCO5)[C@@]4(C)CC[C@@H]32)C1. The fourth-order valence-corrected chi connectivity index (χ4v) is 7.92. The lowest BCUT2D eigenvalue weighted by atomic mass is 9.46. The predicted molar refractivity (Wildman–Crippen MR) is 95.8 cm³/mol. The molecule has 3 saturated carbocycles. The van der Waals surface area contributed by atoms with Crippen LogP contribution in [0.3, 0.4) is 0 Å². The van der Waals surface area contributed by atoms with Crippen molar-refractivity contribution in [3.8, 4) is 0 Å². The monoisotopic (exact) mass is 330 g/mol. The summed E-state index contributed by atoms with van der Waals surface area (Å²) in [6.45, 7) is 6.19. The Bertz CT molecular complexity index is 562. The van der Waals surface area contributed by atoms with Crippen LogP contribution in [-0.2, 0) is 9.47 Å². The Labute approximate surface area is 147 Å². The summed E-state index contributed by atoms with van der Waals surface area (Å²) in [5, 5.41) is 0. The summed E-state index contributed by atoms with van der Waals surface area (Å²) < 4.78 is 12.0. The Morgan fingerprint density at radius 3 is 2.54 bits per heavy atom. The van der Waals surface area contributed by atoms with E-state index in [-0.39, 0.29) is 5.60 Å². The third-order valence-corrected chi connectivity index (χ3v) is 9.57. The van der Waals surface area contributed by atoms with Gasteiger partial charge >= 0.3 is 0 Å². The quantitative estimate of drug-likeness (QED) is 0.621. The van der Waals surface area contributed by atoms with Crippen LogP contribution >= 0.6 is 0 Å². The smallest absolute Gasteiger partial charge is 0.0760 e. The second kappa shape index (κ2) is 5.10. The van der Waals surface area contributed by atoms with Crippen molar-refractivity contribution in [3.63, 3.8) is 0 Å². The highest BCUT2D eigenvalue weighted by atomic mass is 16.5. The second-order valence-electron chi connectivity index (χ2n) is 9.95. The van der Waals surface area contributed by atoms with Crippen molar-refractivity contribution >= 4 is 0 Å². The van der Waals surface area contributed by atoms with Gasteiger partial charge in [0.15, 0.2) is 0 Å². The molecule has 0 radical (unpaired) electrons. The Balaban J connectivity index is 1.46. The van der Waals surface area contributed by atoms with Crippen molar-refractivity contribution in [2.24, 2.45) is 28.6 Å². The molecule has 1 saturated heterocycles. The van der Waals surface area contributed by atoms with E-state index >= 15 is 0 Å². The van der Waals surface area contributed by atoms with E-state index in [1.807, 2.05) is 7.11 Å². The van der Waals surface area contributed by atoms with E-state index in [4.69, 9.17) is 9.47 Å². The van der Waals surface area contributed by atoms with E-state index in [1.165, 1.54) is 57.8 Å². The topological polar surface area (TPSA) is 18.5 Å². The molecule has 7 atom stereocenters. The van der Waals surface area contributed by atoms with Gasteiger partial charge in [-0.3, -0.25) is 0 Å². The summed E-state index contributed by atoms with van der Waals surface area (Å²) >= 11 is 0. The fraction of sp³-hybridized carbons (Fsp3) is 0.909. The summed E-state index contributed by atoms with van der Waals surface area (Å²) in [7, 11) is 1.89. The van der Waals surface area contributed by atoms with Crippen LogP contribution in [0.5, 0.6) is 0 Å². The maximum atomic E-state index is 6.26. The van der Waals surface area contributed by atoms with Gasteiger partial charge in [0, 0.05) is 13.5 Å².